The number of carboxylic acid groups (broad SMARTS) is 1. The van der Waals surface area contributed by atoms with Gasteiger partial charge in [0.05, 0.1) is 0 Å². The molecule has 0 aliphatic rings. The second kappa shape index (κ2) is 7.13. The van der Waals surface area contributed by atoms with Gasteiger partial charge in [-0.3, -0.25) is 4.79 Å². The molecular formula is C17H24O2. The normalized spacial score (nSPS) is 11.9. The van der Waals surface area contributed by atoms with Gasteiger partial charge in [0, 0.05) is 6.42 Å². The van der Waals surface area contributed by atoms with Gasteiger partial charge in [-0.1, -0.05) is 38.1 Å². The summed E-state index contributed by atoms with van der Waals surface area (Å²) in [5.41, 5.74) is 5.18. The quantitative estimate of drug-likeness (QED) is 0.759. The van der Waals surface area contributed by atoms with Crippen LogP contribution in [-0.4, -0.2) is 11.1 Å². The third-order valence-electron chi connectivity index (χ3n) is 3.42. The first kappa shape index (κ1) is 15.5. The van der Waals surface area contributed by atoms with Crippen LogP contribution in [0.2, 0.25) is 0 Å². The fourth-order valence-corrected chi connectivity index (χ4v) is 2.12. The molecule has 0 aromatic heterocycles. The zero-order valence-corrected chi connectivity index (χ0v) is 12.4. The third kappa shape index (κ3) is 4.90. The summed E-state index contributed by atoms with van der Waals surface area (Å²) in [6.45, 7) is 8.60. The molecule has 19 heavy (non-hydrogen) atoms. The maximum atomic E-state index is 10.5. The Morgan fingerprint density at radius 1 is 1.26 bits per heavy atom. The van der Waals surface area contributed by atoms with E-state index in [4.69, 9.17) is 5.11 Å². The molecular weight excluding hydrogens is 236 g/mol. The van der Waals surface area contributed by atoms with Crippen molar-refractivity contribution in [3.05, 3.63) is 41.0 Å². The van der Waals surface area contributed by atoms with Crippen LogP contribution in [0.5, 0.6) is 0 Å². The Balaban J connectivity index is 2.84. The van der Waals surface area contributed by atoms with Gasteiger partial charge in [-0.05, 0) is 54.9 Å². The minimum Gasteiger partial charge on any atom is -0.481 e. The molecule has 0 aliphatic carbocycles. The number of hydrogen-bond donors (Lipinski definition) is 1. The van der Waals surface area contributed by atoms with Crippen LogP contribution in [0.25, 0.3) is 5.57 Å². The highest BCUT2D eigenvalue weighted by atomic mass is 16.4. The van der Waals surface area contributed by atoms with Crippen LogP contribution in [0.15, 0.2) is 24.3 Å². The summed E-state index contributed by atoms with van der Waals surface area (Å²) >= 11 is 0. The van der Waals surface area contributed by atoms with Gasteiger partial charge in [-0.2, -0.15) is 0 Å². The SMILES string of the molecule is Cc1ccc(/C(=C/CCCC(=O)O)C(C)C)cc1C. The number of hydrogen-bond acceptors (Lipinski definition) is 1. The number of aryl methyl sites for hydroxylation is 2. The van der Waals surface area contributed by atoms with E-state index in [9.17, 15) is 4.79 Å². The van der Waals surface area contributed by atoms with Gasteiger partial charge >= 0.3 is 5.97 Å². The minimum atomic E-state index is -0.717. The van der Waals surface area contributed by atoms with Crippen molar-refractivity contribution in [3.8, 4) is 0 Å². The molecule has 0 amide bonds. The largest absolute Gasteiger partial charge is 0.481 e. The lowest BCUT2D eigenvalue weighted by Gasteiger charge is -2.14. The van der Waals surface area contributed by atoms with Crippen LogP contribution in [0, 0.1) is 19.8 Å². The fraction of sp³-hybridized carbons (Fsp3) is 0.471. The zero-order chi connectivity index (χ0) is 14.4. The average Bonchev–Trinajstić information content (AvgIpc) is 2.32. The van der Waals surface area contributed by atoms with Gasteiger partial charge in [0.15, 0.2) is 0 Å². The summed E-state index contributed by atoms with van der Waals surface area (Å²) < 4.78 is 0. The summed E-state index contributed by atoms with van der Waals surface area (Å²) in [5, 5.41) is 8.65. The Morgan fingerprint density at radius 3 is 2.47 bits per heavy atom. The lowest BCUT2D eigenvalue weighted by Crippen LogP contribution is -1.97. The van der Waals surface area contributed by atoms with E-state index in [1.165, 1.54) is 22.3 Å². The van der Waals surface area contributed by atoms with Crippen LogP contribution >= 0.6 is 0 Å². The highest BCUT2D eigenvalue weighted by molar-refractivity contribution is 5.68. The van der Waals surface area contributed by atoms with Gasteiger partial charge in [-0.25, -0.2) is 0 Å². The molecule has 2 heteroatoms. The number of carbonyl (C=O) groups is 1. The summed E-state index contributed by atoms with van der Waals surface area (Å²) in [7, 11) is 0. The van der Waals surface area contributed by atoms with Crippen molar-refractivity contribution in [1.29, 1.82) is 0 Å². The monoisotopic (exact) mass is 260 g/mol. The second-order valence-corrected chi connectivity index (χ2v) is 5.40. The predicted octanol–water partition coefficient (Wildman–Crippen LogP) is 4.60. The lowest BCUT2D eigenvalue weighted by atomic mass is 9.92. The van der Waals surface area contributed by atoms with Gasteiger partial charge < -0.3 is 5.11 Å². The van der Waals surface area contributed by atoms with Crippen molar-refractivity contribution in [2.75, 3.05) is 0 Å². The molecule has 0 saturated carbocycles. The molecule has 0 fully saturated rings. The Hall–Kier alpha value is -1.57. The maximum Gasteiger partial charge on any atom is 0.303 e. The highest BCUT2D eigenvalue weighted by Crippen LogP contribution is 2.25. The molecule has 1 aromatic rings. The van der Waals surface area contributed by atoms with Crippen molar-refractivity contribution in [1.82, 2.24) is 0 Å². The molecule has 0 bridgehead atoms. The number of allylic oxidation sites excluding steroid dienone is 2. The van der Waals surface area contributed by atoms with E-state index in [0.29, 0.717) is 12.3 Å². The smallest absolute Gasteiger partial charge is 0.303 e. The maximum absolute atomic E-state index is 10.5. The first-order valence-electron chi connectivity index (χ1n) is 6.91. The number of aliphatic carboxylic acids is 1. The molecule has 1 aromatic carbocycles. The standard InChI is InChI=1S/C17H24O2/c1-12(2)16(7-5-6-8-17(18)19)15-10-9-13(3)14(4)11-15/h7,9-12H,5-6,8H2,1-4H3,(H,18,19)/b16-7+. The third-order valence-corrected chi connectivity index (χ3v) is 3.42. The number of benzene rings is 1. The molecule has 0 heterocycles. The van der Waals surface area contributed by atoms with Crippen LogP contribution in [0.1, 0.15) is 49.8 Å². The van der Waals surface area contributed by atoms with Crippen LogP contribution in [0.4, 0.5) is 0 Å². The van der Waals surface area contributed by atoms with Gasteiger partial charge in [0.2, 0.25) is 0 Å². The van der Waals surface area contributed by atoms with E-state index >= 15 is 0 Å². The highest BCUT2D eigenvalue weighted by Gasteiger charge is 2.07. The van der Waals surface area contributed by atoms with Crippen molar-refractivity contribution in [2.24, 2.45) is 5.92 Å². The van der Waals surface area contributed by atoms with Crippen LogP contribution in [0.3, 0.4) is 0 Å². The molecule has 0 atom stereocenters. The summed E-state index contributed by atoms with van der Waals surface area (Å²) in [5.74, 6) is -0.266. The van der Waals surface area contributed by atoms with Crippen LogP contribution < -0.4 is 0 Å². The van der Waals surface area contributed by atoms with E-state index in [1.807, 2.05) is 0 Å². The molecule has 1 N–H and O–H groups in total. The first-order chi connectivity index (χ1) is 8.91. The van der Waals surface area contributed by atoms with Crippen molar-refractivity contribution in [3.63, 3.8) is 0 Å². The van der Waals surface area contributed by atoms with Crippen molar-refractivity contribution in [2.45, 2.75) is 47.0 Å². The summed E-state index contributed by atoms with van der Waals surface area (Å²) in [6.07, 6.45) is 3.97. The molecule has 0 radical (unpaired) electrons. The second-order valence-electron chi connectivity index (χ2n) is 5.40. The Labute approximate surface area is 116 Å². The number of carboxylic acids is 1. The van der Waals surface area contributed by atoms with E-state index in [-0.39, 0.29) is 6.42 Å². The van der Waals surface area contributed by atoms with E-state index in [1.54, 1.807) is 0 Å². The number of rotatable bonds is 6. The molecule has 104 valence electrons. The summed E-state index contributed by atoms with van der Waals surface area (Å²) in [6, 6.07) is 6.53. The first-order valence-corrected chi connectivity index (χ1v) is 6.91. The van der Waals surface area contributed by atoms with E-state index < -0.39 is 5.97 Å². The average molecular weight is 260 g/mol. The van der Waals surface area contributed by atoms with E-state index in [2.05, 4.69) is 52.0 Å². The molecule has 0 spiro atoms. The Bertz CT molecular complexity index is 470. The number of unbranched alkanes of at least 4 members (excludes halogenated alkanes) is 1. The fourth-order valence-electron chi connectivity index (χ4n) is 2.12. The topological polar surface area (TPSA) is 37.3 Å². The van der Waals surface area contributed by atoms with Crippen molar-refractivity contribution >= 4 is 11.5 Å². The van der Waals surface area contributed by atoms with Gasteiger partial charge in [0.25, 0.3) is 0 Å². The van der Waals surface area contributed by atoms with Crippen LogP contribution in [-0.2, 0) is 4.79 Å². The lowest BCUT2D eigenvalue weighted by molar-refractivity contribution is -0.137. The molecule has 1 rings (SSSR count). The van der Waals surface area contributed by atoms with Gasteiger partial charge in [0.1, 0.15) is 0 Å². The van der Waals surface area contributed by atoms with Crippen molar-refractivity contribution < 1.29 is 9.90 Å². The van der Waals surface area contributed by atoms with Gasteiger partial charge in [-0.15, -0.1) is 0 Å². The summed E-state index contributed by atoms with van der Waals surface area (Å²) in [4.78, 5) is 10.5. The predicted molar refractivity (Wildman–Crippen MR) is 80.2 cm³/mol. The minimum absolute atomic E-state index is 0.245. The van der Waals surface area contributed by atoms with E-state index in [0.717, 1.165) is 6.42 Å². The molecule has 2 nitrogen and oxygen atoms in total. The Morgan fingerprint density at radius 2 is 1.95 bits per heavy atom. The Kier molecular flexibility index (Phi) is 5.81. The zero-order valence-electron chi connectivity index (χ0n) is 12.4. The molecule has 0 saturated heterocycles. The molecule has 0 aliphatic heterocycles. The molecule has 0 unspecified atom stereocenters.